The van der Waals surface area contributed by atoms with Gasteiger partial charge in [0.15, 0.2) is 0 Å². The standard InChI is InChI=1S/C16H14N4O2/c21-20(22)12-5-6-13-14(9-12)18-16(17-13)10-19-8-7-11-3-1-2-4-15(11)19/h1-6,9H,7-8,10H2,(H,17,18). The minimum absolute atomic E-state index is 0.0780. The van der Waals surface area contributed by atoms with Gasteiger partial charge in [0, 0.05) is 24.4 Å². The number of nitro groups is 1. The first-order valence-electron chi connectivity index (χ1n) is 7.16. The van der Waals surface area contributed by atoms with Crippen molar-refractivity contribution in [3.05, 3.63) is 64.0 Å². The molecule has 0 unspecified atom stereocenters. The van der Waals surface area contributed by atoms with Gasteiger partial charge in [0.25, 0.3) is 5.69 Å². The summed E-state index contributed by atoms with van der Waals surface area (Å²) in [5.41, 5.74) is 4.14. The fourth-order valence-electron chi connectivity index (χ4n) is 2.99. The summed E-state index contributed by atoms with van der Waals surface area (Å²) in [5.74, 6) is 0.826. The van der Waals surface area contributed by atoms with E-state index in [1.165, 1.54) is 23.4 Å². The summed E-state index contributed by atoms with van der Waals surface area (Å²) in [6.45, 7) is 1.65. The number of hydrogen-bond acceptors (Lipinski definition) is 4. The lowest BCUT2D eigenvalue weighted by Crippen LogP contribution is -2.20. The Balaban J connectivity index is 1.64. The van der Waals surface area contributed by atoms with Crippen molar-refractivity contribution < 1.29 is 4.92 Å². The molecule has 1 aromatic heterocycles. The number of hydrogen-bond donors (Lipinski definition) is 1. The lowest BCUT2D eigenvalue weighted by atomic mass is 10.2. The second kappa shape index (κ2) is 4.84. The van der Waals surface area contributed by atoms with Crippen LogP contribution in [0.2, 0.25) is 0 Å². The van der Waals surface area contributed by atoms with Crippen molar-refractivity contribution in [1.29, 1.82) is 0 Å². The van der Waals surface area contributed by atoms with Gasteiger partial charge in [-0.25, -0.2) is 4.98 Å². The number of nitrogens with zero attached hydrogens (tertiary/aromatic N) is 3. The van der Waals surface area contributed by atoms with Crippen LogP contribution in [0, 0.1) is 10.1 Å². The minimum atomic E-state index is -0.392. The molecule has 0 spiro atoms. The Morgan fingerprint density at radius 1 is 1.27 bits per heavy atom. The SMILES string of the molecule is O=[N+]([O-])c1ccc2nc(CN3CCc4ccccc43)[nH]c2c1. The van der Waals surface area contributed by atoms with Gasteiger partial charge in [-0.2, -0.15) is 0 Å². The maximum absolute atomic E-state index is 10.8. The largest absolute Gasteiger partial charge is 0.364 e. The van der Waals surface area contributed by atoms with E-state index in [0.29, 0.717) is 12.1 Å². The summed E-state index contributed by atoms with van der Waals surface area (Å²) in [6, 6.07) is 13.1. The maximum Gasteiger partial charge on any atom is 0.271 e. The number of rotatable bonds is 3. The van der Waals surface area contributed by atoms with Crippen molar-refractivity contribution in [1.82, 2.24) is 9.97 Å². The van der Waals surface area contributed by atoms with Gasteiger partial charge in [-0.15, -0.1) is 0 Å². The fraction of sp³-hybridized carbons (Fsp3) is 0.188. The Kier molecular flexibility index (Phi) is 2.82. The maximum atomic E-state index is 10.8. The van der Waals surface area contributed by atoms with Crippen LogP contribution in [-0.4, -0.2) is 21.4 Å². The highest BCUT2D eigenvalue weighted by Crippen LogP contribution is 2.29. The number of benzene rings is 2. The van der Waals surface area contributed by atoms with E-state index in [1.54, 1.807) is 6.07 Å². The lowest BCUT2D eigenvalue weighted by Gasteiger charge is -2.17. The van der Waals surface area contributed by atoms with E-state index >= 15 is 0 Å². The summed E-state index contributed by atoms with van der Waals surface area (Å²) in [5, 5.41) is 10.8. The molecule has 1 aliphatic heterocycles. The van der Waals surface area contributed by atoms with Crippen LogP contribution in [0.3, 0.4) is 0 Å². The van der Waals surface area contributed by atoms with Crippen LogP contribution in [0.15, 0.2) is 42.5 Å². The van der Waals surface area contributed by atoms with Crippen LogP contribution in [0.25, 0.3) is 11.0 Å². The zero-order valence-electron chi connectivity index (χ0n) is 11.8. The molecule has 110 valence electrons. The van der Waals surface area contributed by atoms with E-state index in [4.69, 9.17) is 0 Å². The zero-order chi connectivity index (χ0) is 15.1. The van der Waals surface area contributed by atoms with Gasteiger partial charge >= 0.3 is 0 Å². The summed E-state index contributed by atoms with van der Waals surface area (Å²) in [4.78, 5) is 20.4. The topological polar surface area (TPSA) is 75.1 Å². The van der Waals surface area contributed by atoms with E-state index in [-0.39, 0.29) is 5.69 Å². The van der Waals surface area contributed by atoms with Gasteiger partial charge in [-0.3, -0.25) is 10.1 Å². The second-order valence-corrected chi connectivity index (χ2v) is 5.44. The van der Waals surface area contributed by atoms with E-state index in [1.807, 2.05) is 6.07 Å². The highest BCUT2D eigenvalue weighted by Gasteiger charge is 2.19. The number of imidazole rings is 1. The van der Waals surface area contributed by atoms with Crippen molar-refractivity contribution in [2.45, 2.75) is 13.0 Å². The van der Waals surface area contributed by atoms with Gasteiger partial charge < -0.3 is 9.88 Å². The Labute approximate surface area is 126 Å². The molecule has 1 aliphatic rings. The third-order valence-corrected chi connectivity index (χ3v) is 4.05. The van der Waals surface area contributed by atoms with Gasteiger partial charge in [0.1, 0.15) is 5.82 Å². The Morgan fingerprint density at radius 2 is 2.14 bits per heavy atom. The van der Waals surface area contributed by atoms with E-state index < -0.39 is 4.92 Å². The van der Waals surface area contributed by atoms with Gasteiger partial charge in [0.05, 0.1) is 22.5 Å². The van der Waals surface area contributed by atoms with Gasteiger partial charge in [0.2, 0.25) is 0 Å². The number of H-pyrrole nitrogens is 1. The minimum Gasteiger partial charge on any atom is -0.364 e. The van der Waals surface area contributed by atoms with Crippen molar-refractivity contribution in [3.63, 3.8) is 0 Å². The summed E-state index contributed by atoms with van der Waals surface area (Å²) in [6.07, 6.45) is 1.04. The predicted molar refractivity (Wildman–Crippen MR) is 83.9 cm³/mol. The van der Waals surface area contributed by atoms with Crippen LogP contribution < -0.4 is 4.90 Å². The molecule has 0 bridgehead atoms. The van der Waals surface area contributed by atoms with Crippen LogP contribution in [0.4, 0.5) is 11.4 Å². The highest BCUT2D eigenvalue weighted by molar-refractivity contribution is 5.77. The first-order valence-corrected chi connectivity index (χ1v) is 7.16. The molecule has 2 heterocycles. The summed E-state index contributed by atoms with van der Waals surface area (Å²) >= 11 is 0. The van der Waals surface area contributed by atoms with Crippen molar-refractivity contribution in [2.75, 3.05) is 11.4 Å². The molecule has 6 nitrogen and oxygen atoms in total. The second-order valence-electron chi connectivity index (χ2n) is 5.44. The number of nitro benzene ring substituents is 1. The first kappa shape index (κ1) is 12.8. The molecule has 4 rings (SSSR count). The number of nitrogens with one attached hydrogen (secondary N) is 1. The summed E-state index contributed by atoms with van der Waals surface area (Å²) < 4.78 is 0. The quantitative estimate of drug-likeness (QED) is 0.595. The fourth-order valence-corrected chi connectivity index (χ4v) is 2.99. The molecular weight excluding hydrogens is 280 g/mol. The molecule has 0 saturated heterocycles. The van der Waals surface area contributed by atoms with E-state index in [2.05, 4.69) is 33.1 Å². The molecule has 0 aliphatic carbocycles. The number of non-ortho nitro benzene ring substituents is 1. The third kappa shape index (κ3) is 2.09. The van der Waals surface area contributed by atoms with E-state index in [0.717, 1.165) is 24.3 Å². The normalized spacial score (nSPS) is 13.5. The van der Waals surface area contributed by atoms with Crippen LogP contribution in [0.5, 0.6) is 0 Å². The van der Waals surface area contributed by atoms with Crippen LogP contribution in [0.1, 0.15) is 11.4 Å². The highest BCUT2D eigenvalue weighted by atomic mass is 16.6. The Morgan fingerprint density at radius 3 is 3.00 bits per heavy atom. The van der Waals surface area contributed by atoms with E-state index in [9.17, 15) is 10.1 Å². The molecule has 6 heteroatoms. The molecule has 3 aromatic rings. The Bertz CT molecular complexity index is 871. The Hall–Kier alpha value is -2.89. The molecule has 0 amide bonds. The molecule has 1 N–H and O–H groups in total. The van der Waals surface area contributed by atoms with Crippen molar-refractivity contribution >= 4 is 22.4 Å². The molecule has 22 heavy (non-hydrogen) atoms. The van der Waals surface area contributed by atoms with Crippen LogP contribution >= 0.6 is 0 Å². The number of anilines is 1. The first-order chi connectivity index (χ1) is 10.7. The molecule has 0 saturated carbocycles. The molecule has 0 radical (unpaired) electrons. The van der Waals surface area contributed by atoms with Gasteiger partial charge in [-0.05, 0) is 24.1 Å². The monoisotopic (exact) mass is 294 g/mol. The number of aromatic nitrogens is 2. The summed E-state index contributed by atoms with van der Waals surface area (Å²) in [7, 11) is 0. The van der Waals surface area contributed by atoms with Crippen molar-refractivity contribution in [2.24, 2.45) is 0 Å². The molecule has 2 aromatic carbocycles. The zero-order valence-corrected chi connectivity index (χ0v) is 11.8. The number of aromatic amines is 1. The average molecular weight is 294 g/mol. The van der Waals surface area contributed by atoms with Crippen molar-refractivity contribution in [3.8, 4) is 0 Å². The third-order valence-electron chi connectivity index (χ3n) is 4.05. The lowest BCUT2D eigenvalue weighted by molar-refractivity contribution is -0.384. The molecule has 0 fully saturated rings. The molecular formula is C16H14N4O2. The average Bonchev–Trinajstić information content (AvgIpc) is 3.10. The van der Waals surface area contributed by atoms with Gasteiger partial charge in [-0.1, -0.05) is 18.2 Å². The molecule has 0 atom stereocenters. The van der Waals surface area contributed by atoms with Crippen LogP contribution in [-0.2, 0) is 13.0 Å². The smallest absolute Gasteiger partial charge is 0.271 e. The predicted octanol–water partition coefficient (Wildman–Crippen LogP) is 3.03. The number of para-hydroxylation sites is 1. The number of fused-ring (bicyclic) bond motifs is 2.